The van der Waals surface area contributed by atoms with Gasteiger partial charge in [0, 0.05) is 25.5 Å². The number of rotatable bonds is 7. The lowest BCUT2D eigenvalue weighted by atomic mass is 10.1. The van der Waals surface area contributed by atoms with Gasteiger partial charge in [-0.1, -0.05) is 43.3 Å². The number of carbonyl (C=O) groups is 2. The molecule has 0 fully saturated rings. The van der Waals surface area contributed by atoms with Crippen molar-refractivity contribution in [3.63, 3.8) is 0 Å². The summed E-state index contributed by atoms with van der Waals surface area (Å²) in [5.41, 5.74) is 2.84. The van der Waals surface area contributed by atoms with E-state index in [2.05, 4.69) is 5.32 Å². The van der Waals surface area contributed by atoms with Gasteiger partial charge in [-0.25, -0.2) is 0 Å². The molecule has 0 saturated carbocycles. The molecule has 2 aromatic rings. The third-order valence-electron chi connectivity index (χ3n) is 4.05. The third kappa shape index (κ3) is 5.35. The van der Waals surface area contributed by atoms with Crippen LogP contribution < -0.4 is 10.2 Å². The minimum Gasteiger partial charge on any atom is -0.365 e. The van der Waals surface area contributed by atoms with Crippen molar-refractivity contribution in [3.8, 4) is 0 Å². The highest BCUT2D eigenvalue weighted by Gasteiger charge is 2.15. The minimum atomic E-state index is -0.195. The van der Waals surface area contributed by atoms with Crippen molar-refractivity contribution >= 4 is 23.2 Å². The molecule has 2 rings (SSSR count). The Balaban J connectivity index is 1.89. The number of likely N-dealkylation sites (N-methyl/N-ethyl adjacent to an activating group) is 2. The largest absolute Gasteiger partial charge is 0.365 e. The van der Waals surface area contributed by atoms with Crippen molar-refractivity contribution < 1.29 is 9.59 Å². The van der Waals surface area contributed by atoms with Gasteiger partial charge in [-0.3, -0.25) is 9.59 Å². The summed E-state index contributed by atoms with van der Waals surface area (Å²) in [5.74, 6) is -0.301. The molecule has 0 unspecified atom stereocenters. The number of para-hydroxylation sites is 2. The number of amides is 2. The van der Waals surface area contributed by atoms with Gasteiger partial charge in [0.25, 0.3) is 0 Å². The van der Waals surface area contributed by atoms with Crippen molar-refractivity contribution in [2.24, 2.45) is 0 Å². The number of aryl methyl sites for hydroxylation is 1. The Hall–Kier alpha value is -2.82. The first kappa shape index (κ1) is 18.5. The van der Waals surface area contributed by atoms with Crippen LogP contribution in [0.4, 0.5) is 11.4 Å². The van der Waals surface area contributed by atoms with Crippen molar-refractivity contribution in [1.82, 2.24) is 4.90 Å². The lowest BCUT2D eigenvalue weighted by Gasteiger charge is -2.23. The van der Waals surface area contributed by atoms with Gasteiger partial charge < -0.3 is 15.1 Å². The predicted molar refractivity (Wildman–Crippen MR) is 102 cm³/mol. The van der Waals surface area contributed by atoms with Gasteiger partial charge in [0.15, 0.2) is 0 Å². The van der Waals surface area contributed by atoms with E-state index in [1.807, 2.05) is 73.5 Å². The summed E-state index contributed by atoms with van der Waals surface area (Å²) >= 11 is 0. The summed E-state index contributed by atoms with van der Waals surface area (Å²) in [6, 6.07) is 17.4. The van der Waals surface area contributed by atoms with Gasteiger partial charge in [-0.15, -0.1) is 0 Å². The van der Waals surface area contributed by atoms with Gasteiger partial charge in [0.1, 0.15) is 0 Å². The lowest BCUT2D eigenvalue weighted by molar-refractivity contribution is -0.132. The Labute approximate surface area is 149 Å². The Morgan fingerprint density at radius 1 is 0.920 bits per heavy atom. The van der Waals surface area contributed by atoms with Crippen LogP contribution in [0.25, 0.3) is 0 Å². The Morgan fingerprint density at radius 2 is 1.56 bits per heavy atom. The number of anilines is 2. The van der Waals surface area contributed by atoms with Crippen molar-refractivity contribution in [1.29, 1.82) is 0 Å². The first-order chi connectivity index (χ1) is 12.0. The van der Waals surface area contributed by atoms with E-state index in [1.54, 1.807) is 7.05 Å². The molecule has 0 heterocycles. The van der Waals surface area contributed by atoms with Gasteiger partial charge in [0.2, 0.25) is 11.8 Å². The summed E-state index contributed by atoms with van der Waals surface area (Å²) in [4.78, 5) is 27.9. The summed E-state index contributed by atoms with van der Waals surface area (Å²) in [6.07, 6.45) is 0.840. The molecule has 132 valence electrons. The Bertz CT molecular complexity index is 716. The molecule has 0 aliphatic carbocycles. The van der Waals surface area contributed by atoms with E-state index in [0.29, 0.717) is 0 Å². The highest BCUT2D eigenvalue weighted by molar-refractivity contribution is 5.95. The first-order valence-electron chi connectivity index (χ1n) is 8.39. The number of hydrogen-bond donors (Lipinski definition) is 1. The van der Waals surface area contributed by atoms with Gasteiger partial charge in [0.05, 0.1) is 13.1 Å². The molecule has 0 bridgehead atoms. The molecule has 0 aliphatic rings. The standard InChI is InChI=1S/C20H25N3O2/c1-4-16-10-8-9-13-18(16)21-19(24)14-23(3)20(25)15-22(2)17-11-6-5-7-12-17/h5-13H,4,14-15H2,1-3H3,(H,21,24). The predicted octanol–water partition coefficient (Wildman–Crippen LogP) is 2.78. The molecule has 5 nitrogen and oxygen atoms in total. The topological polar surface area (TPSA) is 52.7 Å². The van der Waals surface area contributed by atoms with Crippen molar-refractivity contribution in [2.45, 2.75) is 13.3 Å². The second-order valence-electron chi connectivity index (χ2n) is 6.00. The molecular formula is C20H25N3O2. The summed E-state index contributed by atoms with van der Waals surface area (Å²) in [5, 5.41) is 2.89. The molecule has 0 aromatic heterocycles. The van der Waals surface area contributed by atoms with Crippen LogP contribution in [0.3, 0.4) is 0 Å². The summed E-state index contributed by atoms with van der Waals surface area (Å²) in [7, 11) is 3.51. The average Bonchev–Trinajstić information content (AvgIpc) is 2.62. The van der Waals surface area contributed by atoms with Gasteiger partial charge in [-0.2, -0.15) is 0 Å². The molecule has 2 aromatic carbocycles. The van der Waals surface area contributed by atoms with Crippen LogP contribution in [0.15, 0.2) is 54.6 Å². The lowest BCUT2D eigenvalue weighted by Crippen LogP contribution is -2.40. The monoisotopic (exact) mass is 339 g/mol. The van der Waals surface area contributed by atoms with E-state index in [0.717, 1.165) is 23.4 Å². The van der Waals surface area contributed by atoms with E-state index in [-0.39, 0.29) is 24.9 Å². The quantitative estimate of drug-likeness (QED) is 0.844. The maximum atomic E-state index is 12.3. The fourth-order valence-corrected chi connectivity index (χ4v) is 2.54. The number of benzene rings is 2. The maximum absolute atomic E-state index is 12.3. The molecule has 25 heavy (non-hydrogen) atoms. The zero-order valence-corrected chi connectivity index (χ0v) is 15.0. The van der Waals surface area contributed by atoms with E-state index in [9.17, 15) is 9.59 Å². The third-order valence-corrected chi connectivity index (χ3v) is 4.05. The Morgan fingerprint density at radius 3 is 2.24 bits per heavy atom. The second-order valence-corrected chi connectivity index (χ2v) is 6.00. The van der Waals surface area contributed by atoms with Crippen LogP contribution in [0.2, 0.25) is 0 Å². The van der Waals surface area contributed by atoms with Crippen molar-refractivity contribution in [2.75, 3.05) is 37.4 Å². The molecule has 2 amide bonds. The van der Waals surface area contributed by atoms with Gasteiger partial charge >= 0.3 is 0 Å². The molecular weight excluding hydrogens is 314 g/mol. The van der Waals surface area contributed by atoms with Crippen LogP contribution in [-0.4, -0.2) is 43.9 Å². The molecule has 5 heteroatoms. The van der Waals surface area contributed by atoms with Crippen LogP contribution in [-0.2, 0) is 16.0 Å². The summed E-state index contributed by atoms with van der Waals surface area (Å²) < 4.78 is 0. The van der Waals surface area contributed by atoms with Crippen LogP contribution in [0, 0.1) is 0 Å². The highest BCUT2D eigenvalue weighted by Crippen LogP contribution is 2.15. The van der Waals surface area contributed by atoms with E-state index < -0.39 is 0 Å². The first-order valence-corrected chi connectivity index (χ1v) is 8.39. The van der Waals surface area contributed by atoms with Crippen LogP contribution >= 0.6 is 0 Å². The molecule has 0 radical (unpaired) electrons. The van der Waals surface area contributed by atoms with Crippen LogP contribution in [0.1, 0.15) is 12.5 Å². The van der Waals surface area contributed by atoms with Crippen LogP contribution in [0.5, 0.6) is 0 Å². The van der Waals surface area contributed by atoms with E-state index >= 15 is 0 Å². The fourth-order valence-electron chi connectivity index (χ4n) is 2.54. The number of nitrogens with zero attached hydrogens (tertiary/aromatic N) is 2. The SMILES string of the molecule is CCc1ccccc1NC(=O)CN(C)C(=O)CN(C)c1ccccc1. The zero-order valence-electron chi connectivity index (χ0n) is 15.0. The van der Waals surface area contributed by atoms with Gasteiger partial charge in [-0.05, 0) is 30.2 Å². The molecule has 0 atom stereocenters. The smallest absolute Gasteiger partial charge is 0.243 e. The number of nitrogens with one attached hydrogen (secondary N) is 1. The van der Waals surface area contributed by atoms with Crippen molar-refractivity contribution in [3.05, 3.63) is 60.2 Å². The highest BCUT2D eigenvalue weighted by atomic mass is 16.2. The fraction of sp³-hybridized carbons (Fsp3) is 0.300. The van der Waals surface area contributed by atoms with E-state index in [1.165, 1.54) is 4.90 Å². The van der Waals surface area contributed by atoms with E-state index in [4.69, 9.17) is 0 Å². The second kappa shape index (κ2) is 8.87. The minimum absolute atomic E-state index is 0.0273. The normalized spacial score (nSPS) is 10.2. The number of hydrogen-bond acceptors (Lipinski definition) is 3. The Kier molecular flexibility index (Phi) is 6.57. The maximum Gasteiger partial charge on any atom is 0.243 e. The average molecular weight is 339 g/mol. The molecule has 0 aliphatic heterocycles. The summed E-state index contributed by atoms with van der Waals surface area (Å²) in [6.45, 7) is 2.29. The zero-order chi connectivity index (χ0) is 18.2. The molecule has 1 N–H and O–H groups in total. The number of carbonyl (C=O) groups excluding carboxylic acids is 2. The molecule has 0 spiro atoms. The molecule has 0 saturated heterocycles.